The predicted octanol–water partition coefficient (Wildman–Crippen LogP) is 4.51. The van der Waals surface area contributed by atoms with E-state index < -0.39 is 10.0 Å². The highest BCUT2D eigenvalue weighted by Crippen LogP contribution is 2.25. The Morgan fingerprint density at radius 3 is 2.23 bits per heavy atom. The molecule has 0 unspecified atom stereocenters. The van der Waals surface area contributed by atoms with Crippen LogP contribution >= 0.6 is 11.3 Å². The Hall–Kier alpha value is -2.22. The van der Waals surface area contributed by atoms with E-state index >= 15 is 0 Å². The molecule has 31 heavy (non-hydrogen) atoms. The second kappa shape index (κ2) is 9.51. The third-order valence-electron chi connectivity index (χ3n) is 5.65. The summed E-state index contributed by atoms with van der Waals surface area (Å²) in [6.45, 7) is 6.42. The summed E-state index contributed by atoms with van der Waals surface area (Å²) in [5, 5.41) is 3.09. The zero-order valence-electron chi connectivity index (χ0n) is 18.1. The highest BCUT2D eigenvalue weighted by atomic mass is 32.2. The van der Waals surface area contributed by atoms with Crippen LogP contribution in [0.15, 0.2) is 58.8 Å². The van der Waals surface area contributed by atoms with Gasteiger partial charge in [-0.3, -0.25) is 0 Å². The fourth-order valence-corrected chi connectivity index (χ4v) is 6.12. The molecule has 0 aliphatic carbocycles. The van der Waals surface area contributed by atoms with Crippen molar-refractivity contribution in [3.05, 3.63) is 76.3 Å². The Kier molecular flexibility index (Phi) is 6.74. The second-order valence-electron chi connectivity index (χ2n) is 8.07. The van der Waals surface area contributed by atoms with Crippen LogP contribution in [0.3, 0.4) is 0 Å². The molecule has 0 saturated carbocycles. The number of hydrogen-bond donors (Lipinski definition) is 0. The smallest absolute Gasteiger partial charge is 0.243 e. The number of anilines is 1. The summed E-state index contributed by atoms with van der Waals surface area (Å²) in [6.07, 6.45) is 3.10. The molecule has 1 aromatic heterocycles. The molecule has 0 N–H and O–H groups in total. The Labute approximate surface area is 189 Å². The van der Waals surface area contributed by atoms with Crippen LogP contribution in [-0.2, 0) is 22.9 Å². The summed E-state index contributed by atoms with van der Waals surface area (Å²) in [5.41, 5.74) is 4.77. The van der Waals surface area contributed by atoms with E-state index in [9.17, 15) is 8.42 Å². The molecule has 2 aromatic carbocycles. The fraction of sp³-hybridized carbons (Fsp3) is 0.375. The number of nitrogens with zero attached hydrogens (tertiary/aromatic N) is 3. The molecule has 3 aromatic rings. The lowest BCUT2D eigenvalue weighted by Crippen LogP contribution is -2.48. The number of aromatic nitrogens is 1. The van der Waals surface area contributed by atoms with Crippen molar-refractivity contribution in [2.45, 2.75) is 38.0 Å². The van der Waals surface area contributed by atoms with Gasteiger partial charge in [0.05, 0.1) is 10.6 Å². The first kappa shape index (κ1) is 22.0. The number of hydrogen-bond acceptors (Lipinski definition) is 5. The third kappa shape index (κ3) is 5.17. The molecule has 4 rings (SSSR count). The van der Waals surface area contributed by atoms with E-state index in [-0.39, 0.29) is 0 Å². The number of benzene rings is 2. The van der Waals surface area contributed by atoms with Gasteiger partial charge >= 0.3 is 0 Å². The summed E-state index contributed by atoms with van der Waals surface area (Å²) < 4.78 is 27.4. The van der Waals surface area contributed by atoms with Crippen molar-refractivity contribution in [2.75, 3.05) is 31.1 Å². The monoisotopic (exact) mass is 455 g/mol. The van der Waals surface area contributed by atoms with Crippen molar-refractivity contribution in [2.24, 2.45) is 0 Å². The highest BCUT2D eigenvalue weighted by molar-refractivity contribution is 7.89. The first-order valence-corrected chi connectivity index (χ1v) is 13.1. The molecular formula is C24H29N3O2S2. The molecule has 0 amide bonds. The van der Waals surface area contributed by atoms with Gasteiger partial charge < -0.3 is 4.90 Å². The number of sulfonamides is 1. The fourth-order valence-electron chi connectivity index (χ4n) is 3.82. The van der Waals surface area contributed by atoms with Gasteiger partial charge in [-0.15, -0.1) is 11.3 Å². The molecule has 2 heterocycles. The third-order valence-corrected chi connectivity index (χ3v) is 8.52. The molecule has 1 aliphatic heterocycles. The van der Waals surface area contributed by atoms with Crippen LogP contribution in [-0.4, -0.2) is 43.9 Å². The average molecular weight is 456 g/mol. The van der Waals surface area contributed by atoms with Crippen LogP contribution < -0.4 is 4.90 Å². The Balaban J connectivity index is 1.36. The lowest BCUT2D eigenvalue weighted by Gasteiger charge is -2.33. The standard InChI is InChI=1S/C24H29N3O2S2/c1-3-4-20-7-9-21(10-8-20)17-22-18-30-24(25-22)26-13-15-27(16-14-26)31(28,29)23-11-5-19(2)6-12-23/h5-12,18H,3-4,13-17H2,1-2H3. The number of thiazole rings is 1. The van der Waals surface area contributed by atoms with Gasteiger partial charge in [0.1, 0.15) is 0 Å². The van der Waals surface area contributed by atoms with E-state index in [0.717, 1.165) is 35.7 Å². The van der Waals surface area contributed by atoms with Crippen molar-refractivity contribution < 1.29 is 8.42 Å². The minimum Gasteiger partial charge on any atom is -0.345 e. The maximum absolute atomic E-state index is 12.9. The van der Waals surface area contributed by atoms with Gasteiger partial charge in [-0.05, 0) is 36.6 Å². The summed E-state index contributed by atoms with van der Waals surface area (Å²) >= 11 is 1.64. The van der Waals surface area contributed by atoms with Crippen LogP contribution in [0.2, 0.25) is 0 Å². The normalized spacial score (nSPS) is 15.4. The van der Waals surface area contributed by atoms with E-state index in [1.54, 1.807) is 27.8 Å². The summed E-state index contributed by atoms with van der Waals surface area (Å²) in [7, 11) is -3.44. The Morgan fingerprint density at radius 1 is 0.935 bits per heavy atom. The molecule has 164 valence electrons. The first-order chi connectivity index (χ1) is 15.0. The van der Waals surface area contributed by atoms with Gasteiger partial charge in [0.2, 0.25) is 10.0 Å². The van der Waals surface area contributed by atoms with Crippen molar-refractivity contribution in [3.63, 3.8) is 0 Å². The maximum Gasteiger partial charge on any atom is 0.243 e. The second-order valence-corrected chi connectivity index (χ2v) is 10.8. The Morgan fingerprint density at radius 2 is 1.58 bits per heavy atom. The SMILES string of the molecule is CCCc1ccc(Cc2csc(N3CCN(S(=O)(=O)c4ccc(C)cc4)CC3)n2)cc1. The molecule has 5 nitrogen and oxygen atoms in total. The molecule has 0 bridgehead atoms. The van der Waals surface area contributed by atoms with Gasteiger partial charge in [-0.1, -0.05) is 55.3 Å². The lowest BCUT2D eigenvalue weighted by molar-refractivity contribution is 0.384. The summed E-state index contributed by atoms with van der Waals surface area (Å²) in [5.74, 6) is 0. The molecule has 0 spiro atoms. The van der Waals surface area contributed by atoms with E-state index in [0.29, 0.717) is 31.1 Å². The lowest BCUT2D eigenvalue weighted by atomic mass is 10.1. The molecule has 1 fully saturated rings. The minimum atomic E-state index is -3.44. The van der Waals surface area contributed by atoms with Gasteiger partial charge in [0.25, 0.3) is 0 Å². The van der Waals surface area contributed by atoms with Crippen LogP contribution in [0.1, 0.15) is 35.7 Å². The van der Waals surface area contributed by atoms with Gasteiger partial charge in [-0.2, -0.15) is 4.31 Å². The number of rotatable bonds is 7. The van der Waals surface area contributed by atoms with Crippen molar-refractivity contribution >= 4 is 26.5 Å². The molecular weight excluding hydrogens is 426 g/mol. The topological polar surface area (TPSA) is 53.5 Å². The van der Waals surface area contributed by atoms with Crippen molar-refractivity contribution in [1.29, 1.82) is 0 Å². The van der Waals surface area contributed by atoms with Crippen LogP contribution in [0, 0.1) is 6.92 Å². The van der Waals surface area contributed by atoms with E-state index in [1.165, 1.54) is 11.1 Å². The van der Waals surface area contributed by atoms with Gasteiger partial charge in [-0.25, -0.2) is 13.4 Å². The minimum absolute atomic E-state index is 0.369. The van der Waals surface area contributed by atoms with Crippen LogP contribution in [0.4, 0.5) is 5.13 Å². The van der Waals surface area contributed by atoms with E-state index in [1.807, 2.05) is 19.1 Å². The van der Waals surface area contributed by atoms with E-state index in [4.69, 9.17) is 4.98 Å². The van der Waals surface area contributed by atoms with E-state index in [2.05, 4.69) is 41.5 Å². The molecule has 1 saturated heterocycles. The zero-order chi connectivity index (χ0) is 21.8. The molecule has 1 aliphatic rings. The average Bonchev–Trinajstić information content (AvgIpc) is 3.24. The van der Waals surface area contributed by atoms with Gasteiger partial charge in [0, 0.05) is 38.0 Å². The maximum atomic E-state index is 12.9. The highest BCUT2D eigenvalue weighted by Gasteiger charge is 2.29. The summed E-state index contributed by atoms with van der Waals surface area (Å²) in [6, 6.07) is 15.9. The predicted molar refractivity (Wildman–Crippen MR) is 128 cm³/mol. The molecule has 0 radical (unpaired) electrons. The number of aryl methyl sites for hydroxylation is 2. The molecule has 7 heteroatoms. The summed E-state index contributed by atoms with van der Waals surface area (Å²) in [4.78, 5) is 7.38. The van der Waals surface area contributed by atoms with Crippen molar-refractivity contribution in [1.82, 2.24) is 9.29 Å². The van der Waals surface area contributed by atoms with Gasteiger partial charge in [0.15, 0.2) is 5.13 Å². The number of piperazine rings is 1. The van der Waals surface area contributed by atoms with Crippen LogP contribution in [0.25, 0.3) is 0 Å². The zero-order valence-corrected chi connectivity index (χ0v) is 19.8. The largest absolute Gasteiger partial charge is 0.345 e. The van der Waals surface area contributed by atoms with Crippen molar-refractivity contribution in [3.8, 4) is 0 Å². The van der Waals surface area contributed by atoms with Crippen LogP contribution in [0.5, 0.6) is 0 Å². The first-order valence-electron chi connectivity index (χ1n) is 10.8. The Bertz CT molecular complexity index is 1100. The molecule has 0 atom stereocenters. The quantitative estimate of drug-likeness (QED) is 0.526.